The molecule has 1 aliphatic rings. The van der Waals surface area contributed by atoms with E-state index in [-0.39, 0.29) is 17.3 Å². The molecule has 0 spiro atoms. The zero-order valence-electron chi connectivity index (χ0n) is 16.0. The van der Waals surface area contributed by atoms with Crippen LogP contribution in [0.4, 0.5) is 5.69 Å². The first-order valence-corrected chi connectivity index (χ1v) is 11.7. The third kappa shape index (κ3) is 3.69. The molecule has 10 heteroatoms. The molecule has 29 heavy (non-hydrogen) atoms. The Morgan fingerprint density at radius 3 is 2.83 bits per heavy atom. The highest BCUT2D eigenvalue weighted by Crippen LogP contribution is 2.32. The molecule has 0 saturated carbocycles. The fourth-order valence-electron chi connectivity index (χ4n) is 3.26. The molecule has 4 rings (SSSR count). The number of furan rings is 1. The quantitative estimate of drug-likeness (QED) is 0.418. The standard InChI is InChI=1S/C19H20N4O4S2/c1-3-29(25,26)23-9-8-13-11-14(6-7-15(13)23)16(24)12-28-19-21-20-18(22(19)2)17-5-4-10-27-17/h4-7,10-11H,3,8-9,12H2,1-2H3. The molecule has 0 radical (unpaired) electrons. The van der Waals surface area contributed by atoms with Gasteiger partial charge >= 0.3 is 0 Å². The smallest absolute Gasteiger partial charge is 0.234 e. The minimum atomic E-state index is -3.29. The maximum atomic E-state index is 12.7. The van der Waals surface area contributed by atoms with E-state index in [1.165, 1.54) is 16.1 Å². The van der Waals surface area contributed by atoms with Gasteiger partial charge in [0.1, 0.15) is 0 Å². The Kier molecular flexibility index (Phi) is 5.22. The monoisotopic (exact) mass is 432 g/mol. The lowest BCUT2D eigenvalue weighted by atomic mass is 10.1. The number of thioether (sulfide) groups is 1. The minimum absolute atomic E-state index is 0.0443. The lowest BCUT2D eigenvalue weighted by molar-refractivity contribution is 0.102. The van der Waals surface area contributed by atoms with Crippen molar-refractivity contribution in [2.24, 2.45) is 7.05 Å². The Morgan fingerprint density at radius 2 is 2.10 bits per heavy atom. The van der Waals surface area contributed by atoms with Crippen molar-refractivity contribution in [3.8, 4) is 11.6 Å². The largest absolute Gasteiger partial charge is 0.461 e. The molecule has 0 saturated heterocycles. The number of benzene rings is 1. The molecule has 1 aliphatic heterocycles. The van der Waals surface area contributed by atoms with Gasteiger partial charge in [-0.15, -0.1) is 10.2 Å². The molecule has 8 nitrogen and oxygen atoms in total. The van der Waals surface area contributed by atoms with Crippen LogP contribution >= 0.6 is 11.8 Å². The number of anilines is 1. The summed E-state index contributed by atoms with van der Waals surface area (Å²) in [4.78, 5) is 12.7. The van der Waals surface area contributed by atoms with Crippen molar-refractivity contribution in [3.63, 3.8) is 0 Å². The van der Waals surface area contributed by atoms with E-state index in [1.807, 2.05) is 7.05 Å². The van der Waals surface area contributed by atoms with E-state index < -0.39 is 10.0 Å². The lowest BCUT2D eigenvalue weighted by Gasteiger charge is -2.18. The summed E-state index contributed by atoms with van der Waals surface area (Å²) in [6.45, 7) is 2.05. The van der Waals surface area contributed by atoms with Crippen molar-refractivity contribution >= 4 is 33.3 Å². The molecule has 3 aromatic rings. The van der Waals surface area contributed by atoms with Gasteiger partial charge in [-0.1, -0.05) is 11.8 Å². The number of carbonyl (C=O) groups is 1. The highest BCUT2D eigenvalue weighted by molar-refractivity contribution is 7.99. The van der Waals surface area contributed by atoms with Crippen LogP contribution in [-0.2, 0) is 23.5 Å². The summed E-state index contributed by atoms with van der Waals surface area (Å²) in [5.74, 6) is 1.43. The second kappa shape index (κ2) is 7.68. The van der Waals surface area contributed by atoms with Crippen LogP contribution in [0.2, 0.25) is 0 Å². The zero-order valence-corrected chi connectivity index (χ0v) is 17.7. The van der Waals surface area contributed by atoms with Crippen LogP contribution in [0.1, 0.15) is 22.8 Å². The maximum absolute atomic E-state index is 12.7. The van der Waals surface area contributed by atoms with E-state index >= 15 is 0 Å². The number of aromatic nitrogens is 3. The molecule has 0 N–H and O–H groups in total. The predicted molar refractivity (Wildman–Crippen MR) is 111 cm³/mol. The SMILES string of the molecule is CCS(=O)(=O)N1CCc2cc(C(=O)CSc3nnc(-c4ccco4)n3C)ccc21. The number of hydrogen-bond donors (Lipinski definition) is 0. The first-order valence-electron chi connectivity index (χ1n) is 9.13. The molecule has 0 fully saturated rings. The van der Waals surface area contributed by atoms with Crippen molar-refractivity contribution in [3.05, 3.63) is 47.7 Å². The van der Waals surface area contributed by atoms with Crippen LogP contribution in [0.15, 0.2) is 46.2 Å². The van der Waals surface area contributed by atoms with Gasteiger partial charge in [-0.3, -0.25) is 9.10 Å². The minimum Gasteiger partial charge on any atom is -0.461 e. The highest BCUT2D eigenvalue weighted by Gasteiger charge is 2.28. The maximum Gasteiger partial charge on any atom is 0.234 e. The van der Waals surface area contributed by atoms with Gasteiger partial charge in [-0.2, -0.15) is 0 Å². The number of carbonyl (C=O) groups excluding carboxylic acids is 1. The highest BCUT2D eigenvalue weighted by atomic mass is 32.2. The van der Waals surface area contributed by atoms with E-state index in [0.29, 0.717) is 41.0 Å². The molecule has 2 aromatic heterocycles. The van der Waals surface area contributed by atoms with Crippen LogP contribution in [0, 0.1) is 0 Å². The summed E-state index contributed by atoms with van der Waals surface area (Å²) >= 11 is 1.30. The molecular weight excluding hydrogens is 412 g/mol. The molecule has 1 aromatic carbocycles. The summed E-state index contributed by atoms with van der Waals surface area (Å²) in [7, 11) is -1.47. The molecule has 0 unspecified atom stereocenters. The van der Waals surface area contributed by atoms with Crippen LogP contribution in [-0.4, -0.2) is 47.0 Å². The summed E-state index contributed by atoms with van der Waals surface area (Å²) in [5, 5.41) is 8.87. The van der Waals surface area contributed by atoms with E-state index in [2.05, 4.69) is 10.2 Å². The molecule has 0 aliphatic carbocycles. The van der Waals surface area contributed by atoms with Crippen LogP contribution < -0.4 is 4.31 Å². The lowest BCUT2D eigenvalue weighted by Crippen LogP contribution is -2.30. The van der Waals surface area contributed by atoms with Gasteiger partial charge < -0.3 is 8.98 Å². The summed E-state index contributed by atoms with van der Waals surface area (Å²) in [5.41, 5.74) is 2.13. The number of hydrogen-bond acceptors (Lipinski definition) is 7. The average molecular weight is 433 g/mol. The summed E-state index contributed by atoms with van der Waals surface area (Å²) < 4.78 is 33.0. The Morgan fingerprint density at radius 1 is 1.28 bits per heavy atom. The third-order valence-corrected chi connectivity index (χ3v) is 7.66. The second-order valence-electron chi connectivity index (χ2n) is 6.62. The normalized spacial score (nSPS) is 13.7. The van der Waals surface area contributed by atoms with E-state index in [1.54, 1.807) is 48.1 Å². The van der Waals surface area contributed by atoms with Gasteiger partial charge in [0.15, 0.2) is 22.5 Å². The van der Waals surface area contributed by atoms with E-state index in [0.717, 1.165) is 5.56 Å². The van der Waals surface area contributed by atoms with E-state index in [9.17, 15) is 13.2 Å². The predicted octanol–water partition coefficient (Wildman–Crippen LogP) is 2.76. The topological polar surface area (TPSA) is 98.3 Å². The van der Waals surface area contributed by atoms with Crippen molar-refractivity contribution in [1.29, 1.82) is 0 Å². The Bertz CT molecular complexity index is 1150. The average Bonchev–Trinajstić information content (AvgIpc) is 3.45. The van der Waals surface area contributed by atoms with Crippen LogP contribution in [0.3, 0.4) is 0 Å². The molecule has 0 bridgehead atoms. The number of Topliss-reactive ketones (excluding diaryl/α,β-unsaturated/α-hetero) is 1. The van der Waals surface area contributed by atoms with Crippen molar-refractivity contribution in [1.82, 2.24) is 14.8 Å². The van der Waals surface area contributed by atoms with Crippen LogP contribution in [0.25, 0.3) is 11.6 Å². The van der Waals surface area contributed by atoms with E-state index in [4.69, 9.17) is 4.42 Å². The first-order chi connectivity index (χ1) is 13.9. The molecule has 0 atom stereocenters. The molecule has 3 heterocycles. The Labute approximate surface area is 173 Å². The van der Waals surface area contributed by atoms with Gasteiger partial charge in [-0.25, -0.2) is 8.42 Å². The summed E-state index contributed by atoms with van der Waals surface area (Å²) in [6, 6.07) is 8.80. The van der Waals surface area contributed by atoms with Gasteiger partial charge in [0.25, 0.3) is 0 Å². The number of ketones is 1. The molecule has 0 amide bonds. The summed E-state index contributed by atoms with van der Waals surface area (Å²) in [6.07, 6.45) is 2.18. The number of fused-ring (bicyclic) bond motifs is 1. The second-order valence-corrected chi connectivity index (χ2v) is 9.74. The van der Waals surface area contributed by atoms with Gasteiger partial charge in [0, 0.05) is 19.2 Å². The van der Waals surface area contributed by atoms with Gasteiger partial charge in [0.2, 0.25) is 10.0 Å². The van der Waals surface area contributed by atoms with Gasteiger partial charge in [-0.05, 0) is 49.2 Å². The van der Waals surface area contributed by atoms with Crippen LogP contribution in [0.5, 0.6) is 0 Å². The fourth-order valence-corrected chi connectivity index (χ4v) is 5.23. The molecular formula is C19H20N4O4S2. The van der Waals surface area contributed by atoms with Crippen molar-refractivity contribution in [2.45, 2.75) is 18.5 Å². The van der Waals surface area contributed by atoms with Gasteiger partial charge in [0.05, 0.1) is 23.5 Å². The number of nitrogens with zero attached hydrogens (tertiary/aromatic N) is 4. The number of sulfonamides is 1. The zero-order chi connectivity index (χ0) is 20.6. The Balaban J connectivity index is 1.47. The third-order valence-electron chi connectivity index (χ3n) is 4.86. The van der Waals surface area contributed by atoms with Crippen molar-refractivity contribution < 1.29 is 17.6 Å². The van der Waals surface area contributed by atoms with Crippen molar-refractivity contribution in [2.75, 3.05) is 22.4 Å². The number of rotatable bonds is 7. The fraction of sp³-hybridized carbons (Fsp3) is 0.316. The Hall–Kier alpha value is -2.59. The molecule has 152 valence electrons. The first kappa shape index (κ1) is 19.7.